The van der Waals surface area contributed by atoms with Crippen LogP contribution in [0.2, 0.25) is 0 Å². The van der Waals surface area contributed by atoms with Crippen LogP contribution < -0.4 is 0 Å². The summed E-state index contributed by atoms with van der Waals surface area (Å²) < 4.78 is 13.3. The zero-order chi connectivity index (χ0) is 16.6. The molecule has 2 fully saturated rings. The fourth-order valence-corrected chi connectivity index (χ4v) is 4.49. The minimum atomic E-state index is -0.353. The average molecular weight is 320 g/mol. The minimum absolute atomic E-state index is 0.0395. The topological polar surface area (TPSA) is 45.1 Å². The van der Waals surface area contributed by atoms with E-state index in [1.54, 1.807) is 7.11 Å². The van der Waals surface area contributed by atoms with Gasteiger partial charge in [0.15, 0.2) is 0 Å². The molecule has 23 heavy (non-hydrogen) atoms. The Morgan fingerprint density at radius 2 is 2.04 bits per heavy atom. The normalized spacial score (nSPS) is 34.7. The lowest BCUT2D eigenvalue weighted by Crippen LogP contribution is -2.51. The molecule has 5 atom stereocenters. The predicted molar refractivity (Wildman–Crippen MR) is 87.9 cm³/mol. The minimum Gasteiger partial charge on any atom is -0.399 e. The van der Waals surface area contributed by atoms with Crippen molar-refractivity contribution in [3.63, 3.8) is 0 Å². The van der Waals surface area contributed by atoms with Crippen molar-refractivity contribution in [2.45, 2.75) is 50.3 Å². The molecule has 4 nitrogen and oxygen atoms in total. The van der Waals surface area contributed by atoms with Crippen LogP contribution in [-0.4, -0.2) is 48.1 Å². The average Bonchev–Trinajstić information content (AvgIpc) is 2.72. The second-order valence-electron chi connectivity index (χ2n) is 6.65. The zero-order valence-electron chi connectivity index (χ0n) is 13.9. The quantitative estimate of drug-likeness (QED) is 0.685. The Labute approximate surface area is 136 Å². The summed E-state index contributed by atoms with van der Waals surface area (Å²) in [5.74, 6) is 0.0967. The van der Waals surface area contributed by atoms with Gasteiger partial charge >= 0.3 is 0 Å². The van der Waals surface area contributed by atoms with Crippen molar-refractivity contribution >= 4 is 5.71 Å². The van der Waals surface area contributed by atoms with Crippen LogP contribution in [0, 0.1) is 11.7 Å². The Kier molecular flexibility index (Phi) is 4.69. The van der Waals surface area contributed by atoms with Crippen LogP contribution in [0.4, 0.5) is 4.39 Å². The third-order valence-corrected chi connectivity index (χ3v) is 5.54. The van der Waals surface area contributed by atoms with Crippen molar-refractivity contribution in [2.24, 2.45) is 11.1 Å². The first-order valence-electron chi connectivity index (χ1n) is 8.32. The van der Waals surface area contributed by atoms with Gasteiger partial charge in [-0.2, -0.15) is 0 Å². The summed E-state index contributed by atoms with van der Waals surface area (Å²) in [5.41, 5.74) is 2.09. The molecule has 0 aromatic heterocycles. The van der Waals surface area contributed by atoms with Gasteiger partial charge in [-0.05, 0) is 49.9 Å². The van der Waals surface area contributed by atoms with Crippen molar-refractivity contribution in [1.82, 2.24) is 4.90 Å². The number of hydrogen-bond donors (Lipinski definition) is 1. The zero-order valence-corrected chi connectivity index (χ0v) is 13.9. The molecule has 2 bridgehead atoms. The van der Waals surface area contributed by atoms with Gasteiger partial charge in [-0.3, -0.25) is 4.90 Å². The van der Waals surface area contributed by atoms with Gasteiger partial charge in [0.25, 0.3) is 0 Å². The van der Waals surface area contributed by atoms with Crippen LogP contribution in [0.5, 0.6) is 0 Å². The number of hydrogen-bond acceptors (Lipinski definition) is 4. The van der Waals surface area contributed by atoms with Gasteiger partial charge in [0.1, 0.15) is 12.9 Å². The van der Waals surface area contributed by atoms with Gasteiger partial charge < -0.3 is 9.94 Å². The summed E-state index contributed by atoms with van der Waals surface area (Å²) >= 11 is 0. The summed E-state index contributed by atoms with van der Waals surface area (Å²) in [6.07, 6.45) is 2.16. The lowest BCUT2D eigenvalue weighted by Gasteiger charge is -2.43. The molecule has 0 saturated carbocycles. The second kappa shape index (κ2) is 6.57. The Bertz CT molecular complexity index is 575. The molecule has 0 aliphatic carbocycles. The van der Waals surface area contributed by atoms with Gasteiger partial charge in [-0.1, -0.05) is 24.2 Å². The summed E-state index contributed by atoms with van der Waals surface area (Å²) in [4.78, 5) is 7.34. The van der Waals surface area contributed by atoms with E-state index in [0.29, 0.717) is 6.04 Å². The molecule has 2 saturated heterocycles. The molecule has 1 aromatic carbocycles. The Balaban J connectivity index is 2.02. The highest BCUT2D eigenvalue weighted by molar-refractivity contribution is 5.88. The molecule has 5 heteroatoms. The lowest BCUT2D eigenvalue weighted by molar-refractivity contribution is 0.0694. The van der Waals surface area contributed by atoms with E-state index < -0.39 is 0 Å². The van der Waals surface area contributed by atoms with Crippen LogP contribution in [0.3, 0.4) is 0 Å². The number of oxime groups is 1. The summed E-state index contributed by atoms with van der Waals surface area (Å²) in [5, 5.41) is 14.8. The molecule has 0 amide bonds. The number of piperidine rings is 1. The molecule has 3 rings (SSSR count). The van der Waals surface area contributed by atoms with Crippen LogP contribution in [0.15, 0.2) is 29.4 Å². The number of fused-ring (bicyclic) bond motifs is 2. The van der Waals surface area contributed by atoms with Gasteiger partial charge in [0.2, 0.25) is 0 Å². The molecule has 2 unspecified atom stereocenters. The van der Waals surface area contributed by atoms with E-state index in [2.05, 4.69) is 24.0 Å². The molecular formula is C18H25FN2O2. The molecule has 2 aliphatic heterocycles. The first-order valence-corrected chi connectivity index (χ1v) is 8.32. The number of nitrogens with zero attached hydrogens (tertiary/aromatic N) is 2. The first kappa shape index (κ1) is 16.4. The van der Waals surface area contributed by atoms with Crippen LogP contribution in [0.25, 0.3) is 0 Å². The fourth-order valence-electron chi connectivity index (χ4n) is 4.49. The molecule has 126 valence electrons. The van der Waals surface area contributed by atoms with E-state index in [0.717, 1.165) is 30.5 Å². The molecule has 2 aliphatic rings. The van der Waals surface area contributed by atoms with Crippen molar-refractivity contribution in [1.29, 1.82) is 0 Å². The summed E-state index contributed by atoms with van der Waals surface area (Å²) in [6.45, 7) is 2.06. The predicted octanol–water partition coefficient (Wildman–Crippen LogP) is 2.78. The monoisotopic (exact) mass is 320 g/mol. The largest absolute Gasteiger partial charge is 0.399 e. The highest BCUT2D eigenvalue weighted by atomic mass is 19.1. The maximum atomic E-state index is 13.3. The number of aliphatic hydroxyl groups excluding tert-OH is 1. The molecule has 1 N–H and O–H groups in total. The maximum Gasteiger partial charge on any atom is 0.123 e. The number of likely N-dealkylation sites (N-methyl/N-ethyl adjacent to an activating group) is 1. The molecule has 2 heterocycles. The van der Waals surface area contributed by atoms with Gasteiger partial charge in [-0.15, -0.1) is 0 Å². The number of aliphatic hydroxyl groups is 1. The standard InChI is InChI=1S/C18H25FN2O2/c1-4-15(20-23-3)17-14(11-5-7-12(19)8-6-11)9-13-10-16(22)18(17)21(13)2/h5-8,13-14,16-18,22H,4,9-10H2,1-3H3/t13?,14-,16?,17-,18-/m1/s1. The summed E-state index contributed by atoms with van der Waals surface area (Å²) in [6, 6.07) is 7.17. The Morgan fingerprint density at radius 3 is 2.65 bits per heavy atom. The van der Waals surface area contributed by atoms with Crippen molar-refractivity contribution in [3.8, 4) is 0 Å². The summed E-state index contributed by atoms with van der Waals surface area (Å²) in [7, 11) is 3.64. The van der Waals surface area contributed by atoms with E-state index in [4.69, 9.17) is 4.84 Å². The van der Waals surface area contributed by atoms with Crippen molar-refractivity contribution < 1.29 is 14.3 Å². The van der Waals surface area contributed by atoms with Gasteiger partial charge in [0.05, 0.1) is 11.8 Å². The van der Waals surface area contributed by atoms with Crippen LogP contribution in [-0.2, 0) is 4.84 Å². The molecule has 1 aromatic rings. The molecular weight excluding hydrogens is 295 g/mol. The third-order valence-electron chi connectivity index (χ3n) is 5.54. The fraction of sp³-hybridized carbons (Fsp3) is 0.611. The third kappa shape index (κ3) is 2.88. The smallest absolute Gasteiger partial charge is 0.123 e. The van der Waals surface area contributed by atoms with E-state index in [9.17, 15) is 9.50 Å². The van der Waals surface area contributed by atoms with Crippen LogP contribution >= 0.6 is 0 Å². The lowest BCUT2D eigenvalue weighted by atomic mass is 9.73. The van der Waals surface area contributed by atoms with E-state index >= 15 is 0 Å². The molecule has 0 spiro atoms. The SMILES string of the molecule is CCC(=NOC)[C@H]1[C@@H](c2ccc(F)cc2)CC2CC(O)[C@H]1N2C. The van der Waals surface area contributed by atoms with Crippen LogP contribution in [0.1, 0.15) is 37.7 Å². The highest BCUT2D eigenvalue weighted by Crippen LogP contribution is 2.47. The van der Waals surface area contributed by atoms with E-state index in [1.165, 1.54) is 12.1 Å². The van der Waals surface area contributed by atoms with Crippen molar-refractivity contribution in [3.05, 3.63) is 35.6 Å². The number of rotatable bonds is 4. The van der Waals surface area contributed by atoms with E-state index in [-0.39, 0.29) is 29.8 Å². The van der Waals surface area contributed by atoms with E-state index in [1.807, 2.05) is 12.1 Å². The Morgan fingerprint density at radius 1 is 1.35 bits per heavy atom. The Hall–Kier alpha value is -1.46. The highest BCUT2D eigenvalue weighted by Gasteiger charge is 2.52. The van der Waals surface area contributed by atoms with Gasteiger partial charge in [0, 0.05) is 18.0 Å². The number of halogens is 1. The number of benzene rings is 1. The second-order valence-corrected chi connectivity index (χ2v) is 6.65. The van der Waals surface area contributed by atoms with Gasteiger partial charge in [-0.25, -0.2) is 4.39 Å². The molecule has 0 radical (unpaired) electrons. The van der Waals surface area contributed by atoms with Crippen molar-refractivity contribution in [2.75, 3.05) is 14.2 Å². The maximum absolute atomic E-state index is 13.3. The first-order chi connectivity index (χ1) is 11.1.